The lowest BCUT2D eigenvalue weighted by atomic mass is 10.0. The second-order valence-electron chi connectivity index (χ2n) is 5.86. The molecule has 21 heavy (non-hydrogen) atoms. The summed E-state index contributed by atoms with van der Waals surface area (Å²) in [6.45, 7) is 1.51. The summed E-state index contributed by atoms with van der Waals surface area (Å²) >= 11 is 4.31. The number of benzene rings is 1. The lowest BCUT2D eigenvalue weighted by molar-refractivity contribution is -0.133. The number of nitrogens with one attached hydrogen (secondary N) is 1. The topological polar surface area (TPSA) is 49.4 Å². The van der Waals surface area contributed by atoms with Crippen LogP contribution in [-0.4, -0.2) is 35.8 Å². The van der Waals surface area contributed by atoms with Gasteiger partial charge in [-0.05, 0) is 37.8 Å². The van der Waals surface area contributed by atoms with Gasteiger partial charge in [0.15, 0.2) is 0 Å². The predicted octanol–water partition coefficient (Wildman–Crippen LogP) is 2.11. The van der Waals surface area contributed by atoms with Crippen molar-refractivity contribution in [1.82, 2.24) is 10.2 Å². The van der Waals surface area contributed by atoms with Crippen LogP contribution in [0, 0.1) is 5.92 Å². The molecule has 0 aromatic heterocycles. The monoisotopic (exact) mass is 304 g/mol. The first-order valence-corrected chi connectivity index (χ1v) is 7.97. The Hall–Kier alpha value is -1.49. The Bertz CT molecular complexity index is 549. The van der Waals surface area contributed by atoms with Gasteiger partial charge in [0.1, 0.15) is 0 Å². The minimum absolute atomic E-state index is 0.0763. The molecule has 1 aromatic carbocycles. The SMILES string of the molecule is O=C(NC1CCN(C(=O)C2CC2)CC1)c1ccccc1S. The molecule has 1 heterocycles. The molecule has 0 unspecified atom stereocenters. The number of thiol groups is 1. The van der Waals surface area contributed by atoms with Gasteiger partial charge in [0.2, 0.25) is 5.91 Å². The maximum Gasteiger partial charge on any atom is 0.252 e. The van der Waals surface area contributed by atoms with E-state index in [4.69, 9.17) is 0 Å². The van der Waals surface area contributed by atoms with Crippen LogP contribution in [0.25, 0.3) is 0 Å². The summed E-state index contributed by atoms with van der Waals surface area (Å²) in [5.74, 6) is 0.514. The number of rotatable bonds is 3. The molecule has 1 saturated carbocycles. The molecular weight excluding hydrogens is 284 g/mol. The van der Waals surface area contributed by atoms with Crippen molar-refractivity contribution in [2.45, 2.75) is 36.6 Å². The van der Waals surface area contributed by atoms with Gasteiger partial charge in [0.25, 0.3) is 5.91 Å². The molecule has 0 radical (unpaired) electrons. The third-order valence-electron chi connectivity index (χ3n) is 4.22. The Morgan fingerprint density at radius 2 is 1.76 bits per heavy atom. The lowest BCUT2D eigenvalue weighted by Gasteiger charge is -2.32. The summed E-state index contributed by atoms with van der Waals surface area (Å²) in [6, 6.07) is 7.44. The first-order chi connectivity index (χ1) is 10.1. The van der Waals surface area contributed by atoms with E-state index in [0.717, 1.165) is 38.8 Å². The molecule has 112 valence electrons. The van der Waals surface area contributed by atoms with E-state index in [0.29, 0.717) is 16.4 Å². The molecule has 0 spiro atoms. The van der Waals surface area contributed by atoms with Gasteiger partial charge in [-0.2, -0.15) is 0 Å². The van der Waals surface area contributed by atoms with Gasteiger partial charge in [0, 0.05) is 29.9 Å². The standard InChI is InChI=1S/C16H20N2O2S/c19-15(13-3-1-2-4-14(13)21)17-12-7-9-18(10-8-12)16(20)11-5-6-11/h1-4,11-12,21H,5-10H2,(H,17,19). The highest BCUT2D eigenvalue weighted by atomic mass is 32.1. The smallest absolute Gasteiger partial charge is 0.252 e. The molecule has 3 rings (SSSR count). The average molecular weight is 304 g/mol. The van der Waals surface area contributed by atoms with Crippen LogP contribution in [0.2, 0.25) is 0 Å². The van der Waals surface area contributed by atoms with E-state index >= 15 is 0 Å². The number of hydrogen-bond donors (Lipinski definition) is 2. The maximum absolute atomic E-state index is 12.2. The molecule has 1 aromatic rings. The molecular formula is C16H20N2O2S. The second kappa shape index (κ2) is 6.10. The van der Waals surface area contributed by atoms with Gasteiger partial charge >= 0.3 is 0 Å². The first kappa shape index (κ1) is 14.4. The summed E-state index contributed by atoms with van der Waals surface area (Å²) < 4.78 is 0. The molecule has 1 saturated heterocycles. The van der Waals surface area contributed by atoms with Crippen LogP contribution in [0.4, 0.5) is 0 Å². The summed E-state index contributed by atoms with van der Waals surface area (Å²) in [4.78, 5) is 26.9. The van der Waals surface area contributed by atoms with Gasteiger partial charge in [0.05, 0.1) is 5.56 Å². The second-order valence-corrected chi connectivity index (χ2v) is 6.35. The van der Waals surface area contributed by atoms with Crippen LogP contribution in [0.1, 0.15) is 36.0 Å². The fourth-order valence-corrected chi connectivity index (χ4v) is 3.02. The van der Waals surface area contributed by atoms with Gasteiger partial charge in [-0.1, -0.05) is 12.1 Å². The Labute approximate surface area is 130 Å². The van der Waals surface area contributed by atoms with E-state index in [1.807, 2.05) is 23.1 Å². The third-order valence-corrected chi connectivity index (χ3v) is 4.61. The number of carbonyl (C=O) groups is 2. The van der Waals surface area contributed by atoms with Crippen LogP contribution < -0.4 is 5.32 Å². The zero-order valence-electron chi connectivity index (χ0n) is 11.9. The predicted molar refractivity (Wildman–Crippen MR) is 83.5 cm³/mol. The summed E-state index contributed by atoms with van der Waals surface area (Å²) in [5.41, 5.74) is 0.609. The van der Waals surface area contributed by atoms with Gasteiger partial charge < -0.3 is 10.2 Å². The number of likely N-dealkylation sites (tertiary alicyclic amines) is 1. The van der Waals surface area contributed by atoms with Crippen molar-refractivity contribution in [2.75, 3.05) is 13.1 Å². The maximum atomic E-state index is 12.2. The van der Waals surface area contributed by atoms with E-state index < -0.39 is 0 Å². The van der Waals surface area contributed by atoms with E-state index in [9.17, 15) is 9.59 Å². The van der Waals surface area contributed by atoms with E-state index in [-0.39, 0.29) is 17.9 Å². The van der Waals surface area contributed by atoms with Crippen LogP contribution in [-0.2, 0) is 4.79 Å². The molecule has 2 aliphatic rings. The molecule has 5 heteroatoms. The van der Waals surface area contributed by atoms with Crippen molar-refractivity contribution in [3.8, 4) is 0 Å². The van der Waals surface area contributed by atoms with Crippen molar-refractivity contribution in [3.63, 3.8) is 0 Å². The zero-order chi connectivity index (χ0) is 14.8. The van der Waals surface area contributed by atoms with Crippen molar-refractivity contribution in [1.29, 1.82) is 0 Å². The minimum Gasteiger partial charge on any atom is -0.349 e. The number of carbonyl (C=O) groups excluding carboxylic acids is 2. The molecule has 1 aliphatic heterocycles. The molecule has 2 amide bonds. The molecule has 2 fully saturated rings. The highest BCUT2D eigenvalue weighted by Crippen LogP contribution is 2.31. The van der Waals surface area contributed by atoms with E-state index in [1.165, 1.54) is 0 Å². The number of piperidine rings is 1. The Morgan fingerprint density at radius 3 is 2.38 bits per heavy atom. The van der Waals surface area contributed by atoms with Gasteiger partial charge in [-0.15, -0.1) is 12.6 Å². The van der Waals surface area contributed by atoms with Crippen LogP contribution in [0.5, 0.6) is 0 Å². The largest absolute Gasteiger partial charge is 0.349 e. The van der Waals surface area contributed by atoms with Crippen molar-refractivity contribution >= 4 is 24.4 Å². The first-order valence-electron chi connectivity index (χ1n) is 7.53. The minimum atomic E-state index is -0.0763. The summed E-state index contributed by atoms with van der Waals surface area (Å²) in [6.07, 6.45) is 3.76. The zero-order valence-corrected chi connectivity index (χ0v) is 12.8. The Kier molecular flexibility index (Phi) is 4.19. The third kappa shape index (κ3) is 3.40. The number of hydrogen-bond acceptors (Lipinski definition) is 3. The lowest BCUT2D eigenvalue weighted by Crippen LogP contribution is -2.47. The molecule has 0 atom stereocenters. The molecule has 4 nitrogen and oxygen atoms in total. The van der Waals surface area contributed by atoms with Crippen molar-refractivity contribution in [3.05, 3.63) is 29.8 Å². The molecule has 0 bridgehead atoms. The van der Waals surface area contributed by atoms with Crippen LogP contribution >= 0.6 is 12.6 Å². The highest BCUT2D eigenvalue weighted by molar-refractivity contribution is 7.80. The van der Waals surface area contributed by atoms with Gasteiger partial charge in [-0.25, -0.2) is 0 Å². The van der Waals surface area contributed by atoms with Crippen LogP contribution in [0.15, 0.2) is 29.2 Å². The number of amides is 2. The fraction of sp³-hybridized carbons (Fsp3) is 0.500. The summed E-state index contributed by atoms with van der Waals surface area (Å²) in [7, 11) is 0. The molecule has 1 aliphatic carbocycles. The van der Waals surface area contributed by atoms with Gasteiger partial charge in [-0.3, -0.25) is 9.59 Å². The normalized spacial score (nSPS) is 19.4. The fourth-order valence-electron chi connectivity index (χ4n) is 2.76. The van der Waals surface area contributed by atoms with Crippen molar-refractivity contribution in [2.24, 2.45) is 5.92 Å². The van der Waals surface area contributed by atoms with Crippen molar-refractivity contribution < 1.29 is 9.59 Å². The van der Waals surface area contributed by atoms with E-state index in [2.05, 4.69) is 17.9 Å². The highest BCUT2D eigenvalue weighted by Gasteiger charge is 2.35. The quantitative estimate of drug-likeness (QED) is 0.840. The Balaban J connectivity index is 1.52. The molecule has 1 N–H and O–H groups in total. The number of nitrogens with zero attached hydrogens (tertiary/aromatic N) is 1. The van der Waals surface area contributed by atoms with E-state index in [1.54, 1.807) is 6.07 Å². The summed E-state index contributed by atoms with van der Waals surface area (Å²) in [5, 5.41) is 3.05. The Morgan fingerprint density at radius 1 is 1.10 bits per heavy atom. The average Bonchev–Trinajstić information content (AvgIpc) is 3.32. The van der Waals surface area contributed by atoms with Crippen LogP contribution in [0.3, 0.4) is 0 Å².